The second-order valence-corrected chi connectivity index (χ2v) is 7.97. The molecule has 162 valence electrons. The van der Waals surface area contributed by atoms with Crippen molar-refractivity contribution in [2.24, 2.45) is 0 Å². The average molecular weight is 426 g/mol. The molecule has 3 aromatic carbocycles. The number of carbonyl (C=O) groups is 1. The van der Waals surface area contributed by atoms with E-state index in [2.05, 4.69) is 27.6 Å². The van der Waals surface area contributed by atoms with Crippen molar-refractivity contribution in [1.29, 1.82) is 0 Å². The van der Waals surface area contributed by atoms with Gasteiger partial charge in [0.25, 0.3) is 0 Å². The van der Waals surface area contributed by atoms with Crippen molar-refractivity contribution in [3.63, 3.8) is 0 Å². The Morgan fingerprint density at radius 3 is 2.38 bits per heavy atom. The summed E-state index contributed by atoms with van der Waals surface area (Å²) in [6.07, 6.45) is 3.18. The highest BCUT2D eigenvalue weighted by atomic mass is 16.2. The third kappa shape index (κ3) is 4.92. The van der Waals surface area contributed by atoms with Gasteiger partial charge in [0.05, 0.1) is 5.69 Å². The summed E-state index contributed by atoms with van der Waals surface area (Å²) in [5.41, 5.74) is 5.91. The Labute approximate surface area is 188 Å². The number of rotatable bonds is 7. The molecule has 6 heteroatoms. The van der Waals surface area contributed by atoms with Gasteiger partial charge in [-0.2, -0.15) is 5.10 Å². The summed E-state index contributed by atoms with van der Waals surface area (Å²) in [7, 11) is 0. The summed E-state index contributed by atoms with van der Waals surface area (Å²) in [6, 6.07) is 23.4. The Kier molecular flexibility index (Phi) is 6.42. The number of benzene rings is 3. The molecule has 2 atom stereocenters. The molecule has 0 radical (unpaired) electrons. The molecule has 1 aromatic heterocycles. The smallest absolute Gasteiger partial charge is 0.246 e. The van der Waals surface area contributed by atoms with Gasteiger partial charge in [-0.25, -0.2) is 9.67 Å². The van der Waals surface area contributed by atoms with Gasteiger partial charge in [-0.15, -0.1) is 0 Å². The average Bonchev–Trinajstić information content (AvgIpc) is 3.35. The van der Waals surface area contributed by atoms with Crippen LogP contribution in [0, 0.1) is 13.8 Å². The molecule has 1 amide bonds. The van der Waals surface area contributed by atoms with E-state index in [1.54, 1.807) is 11.0 Å². The molecule has 1 heterocycles. The Morgan fingerprint density at radius 1 is 0.938 bits per heavy atom. The zero-order valence-corrected chi connectivity index (χ0v) is 18.5. The fourth-order valence-corrected chi connectivity index (χ4v) is 3.65. The van der Waals surface area contributed by atoms with Gasteiger partial charge in [-0.05, 0) is 61.2 Å². The normalized spacial score (nSPS) is 12.8. The van der Waals surface area contributed by atoms with E-state index in [0.717, 1.165) is 33.6 Å². The Morgan fingerprint density at radius 2 is 1.69 bits per heavy atom. The fraction of sp³-hybridized carbons (Fsp3) is 0.192. The van der Waals surface area contributed by atoms with Crippen molar-refractivity contribution < 1.29 is 4.79 Å². The number of anilines is 1. The summed E-state index contributed by atoms with van der Waals surface area (Å²) >= 11 is 0. The molecule has 0 aliphatic carbocycles. The van der Waals surface area contributed by atoms with Gasteiger partial charge < -0.3 is 5.32 Å². The van der Waals surface area contributed by atoms with E-state index in [1.165, 1.54) is 6.33 Å². The summed E-state index contributed by atoms with van der Waals surface area (Å²) < 4.78 is 1.71. The molecular weight excluding hydrogens is 398 g/mol. The summed E-state index contributed by atoms with van der Waals surface area (Å²) in [4.78, 5) is 17.4. The Hall–Kier alpha value is -3.77. The quantitative estimate of drug-likeness (QED) is 0.441. The number of carbonyl (C=O) groups excluding carboxylic acids is 1. The van der Waals surface area contributed by atoms with Crippen LogP contribution in [0.2, 0.25) is 0 Å². The van der Waals surface area contributed by atoms with Gasteiger partial charge in [0.15, 0.2) is 0 Å². The molecule has 32 heavy (non-hydrogen) atoms. The molecule has 0 unspecified atom stereocenters. The van der Waals surface area contributed by atoms with E-state index in [1.807, 2.05) is 86.6 Å². The maximum absolute atomic E-state index is 13.4. The van der Waals surface area contributed by atoms with Crippen LogP contribution in [0.4, 0.5) is 5.69 Å². The van der Waals surface area contributed by atoms with E-state index in [0.29, 0.717) is 0 Å². The maximum Gasteiger partial charge on any atom is 0.246 e. The van der Waals surface area contributed by atoms with Crippen molar-refractivity contribution >= 4 is 11.6 Å². The highest BCUT2D eigenvalue weighted by Crippen LogP contribution is 2.24. The lowest BCUT2D eigenvalue weighted by molar-refractivity contribution is -0.118. The van der Waals surface area contributed by atoms with Crippen molar-refractivity contribution in [1.82, 2.24) is 20.1 Å². The molecule has 0 saturated carbocycles. The number of aromatic nitrogens is 3. The van der Waals surface area contributed by atoms with E-state index in [-0.39, 0.29) is 11.9 Å². The molecule has 0 saturated heterocycles. The predicted octanol–water partition coefficient (Wildman–Crippen LogP) is 4.91. The number of nitrogens with one attached hydrogen (secondary N) is 2. The maximum atomic E-state index is 13.4. The molecule has 0 spiro atoms. The van der Waals surface area contributed by atoms with Crippen molar-refractivity contribution in [3.8, 4) is 5.69 Å². The van der Waals surface area contributed by atoms with Gasteiger partial charge in [0.2, 0.25) is 5.91 Å². The first-order chi connectivity index (χ1) is 15.5. The van der Waals surface area contributed by atoms with Gasteiger partial charge in [-0.3, -0.25) is 10.1 Å². The van der Waals surface area contributed by atoms with Crippen LogP contribution in [-0.2, 0) is 4.79 Å². The van der Waals surface area contributed by atoms with Crippen LogP contribution in [-0.4, -0.2) is 20.7 Å². The van der Waals surface area contributed by atoms with Crippen molar-refractivity contribution in [3.05, 3.63) is 108 Å². The zero-order chi connectivity index (χ0) is 22.5. The summed E-state index contributed by atoms with van der Waals surface area (Å²) in [5, 5.41) is 10.8. The Bertz CT molecular complexity index is 1170. The number of nitrogens with zero attached hydrogens (tertiary/aromatic N) is 3. The second kappa shape index (κ2) is 9.58. The van der Waals surface area contributed by atoms with Crippen LogP contribution < -0.4 is 10.6 Å². The van der Waals surface area contributed by atoms with Gasteiger partial charge >= 0.3 is 0 Å². The molecule has 6 nitrogen and oxygen atoms in total. The number of hydrogen-bond donors (Lipinski definition) is 2. The van der Waals surface area contributed by atoms with Crippen LogP contribution in [0.1, 0.15) is 41.3 Å². The first-order valence-electron chi connectivity index (χ1n) is 10.7. The highest BCUT2D eigenvalue weighted by Gasteiger charge is 2.23. The number of amides is 1. The minimum atomic E-state index is -0.499. The van der Waals surface area contributed by atoms with Gasteiger partial charge in [-0.1, -0.05) is 54.6 Å². The lowest BCUT2D eigenvalue weighted by atomic mass is 10.0. The minimum Gasteiger partial charge on any atom is -0.324 e. The van der Waals surface area contributed by atoms with E-state index >= 15 is 0 Å². The van der Waals surface area contributed by atoms with E-state index in [9.17, 15) is 4.79 Å². The first kappa shape index (κ1) is 21.5. The van der Waals surface area contributed by atoms with Gasteiger partial charge in [0, 0.05) is 11.7 Å². The van der Waals surface area contributed by atoms with Crippen LogP contribution in [0.3, 0.4) is 0 Å². The van der Waals surface area contributed by atoms with Gasteiger partial charge in [0.1, 0.15) is 18.7 Å². The van der Waals surface area contributed by atoms with E-state index in [4.69, 9.17) is 0 Å². The number of hydrogen-bond acceptors (Lipinski definition) is 4. The predicted molar refractivity (Wildman–Crippen MR) is 127 cm³/mol. The number of aryl methyl sites for hydroxylation is 2. The Balaban J connectivity index is 1.55. The van der Waals surface area contributed by atoms with Crippen molar-refractivity contribution in [2.75, 3.05) is 5.32 Å². The molecule has 0 fully saturated rings. The molecule has 4 aromatic rings. The monoisotopic (exact) mass is 425 g/mol. The van der Waals surface area contributed by atoms with E-state index < -0.39 is 6.04 Å². The summed E-state index contributed by atoms with van der Waals surface area (Å²) in [5.74, 6) is -0.0871. The molecule has 4 rings (SSSR count). The van der Waals surface area contributed by atoms with Crippen molar-refractivity contribution in [2.45, 2.75) is 32.9 Å². The fourth-order valence-electron chi connectivity index (χ4n) is 3.65. The summed E-state index contributed by atoms with van der Waals surface area (Å²) in [6.45, 7) is 6.08. The molecule has 0 bridgehead atoms. The second-order valence-electron chi connectivity index (χ2n) is 7.97. The SMILES string of the molecule is Cc1ccc(C)c(NC(=O)[C@H](N[C@H](C)c2ccc(-n3cncn3)cc2)c2ccccc2)c1. The zero-order valence-electron chi connectivity index (χ0n) is 18.5. The molecule has 0 aliphatic heterocycles. The lowest BCUT2D eigenvalue weighted by Crippen LogP contribution is -2.34. The molecule has 0 aliphatic rings. The standard InChI is InChI=1S/C26H27N5O/c1-18-9-10-19(2)24(15-18)30-26(32)25(22-7-5-4-6-8-22)29-20(3)21-11-13-23(14-12-21)31-17-27-16-28-31/h4-17,20,25,29H,1-3H3,(H,30,32)/t20-,25-/m1/s1. The largest absolute Gasteiger partial charge is 0.324 e. The minimum absolute atomic E-state index is 0.0469. The third-order valence-electron chi connectivity index (χ3n) is 5.54. The molecule has 2 N–H and O–H groups in total. The van der Waals surface area contributed by atoms with Crippen LogP contribution in [0.5, 0.6) is 0 Å². The van der Waals surface area contributed by atoms with Crippen LogP contribution in [0.25, 0.3) is 5.69 Å². The molecular formula is C26H27N5O. The highest BCUT2D eigenvalue weighted by molar-refractivity contribution is 5.96. The first-order valence-corrected chi connectivity index (χ1v) is 10.7. The van der Waals surface area contributed by atoms with Crippen LogP contribution >= 0.6 is 0 Å². The van der Waals surface area contributed by atoms with Crippen LogP contribution in [0.15, 0.2) is 85.5 Å². The third-order valence-corrected chi connectivity index (χ3v) is 5.54. The topological polar surface area (TPSA) is 71.8 Å². The lowest BCUT2D eigenvalue weighted by Gasteiger charge is -2.24.